The van der Waals surface area contributed by atoms with Gasteiger partial charge in [-0.2, -0.15) is 5.10 Å². The van der Waals surface area contributed by atoms with E-state index >= 15 is 0 Å². The summed E-state index contributed by atoms with van der Waals surface area (Å²) < 4.78 is 7.02. The topological polar surface area (TPSA) is 77.5 Å². The SMILES string of the molecule is COCC(C)NC(N)=NCc1ccccc1-n1nc(C)cc1C. The molecule has 1 atom stereocenters. The van der Waals surface area contributed by atoms with Crippen LogP contribution < -0.4 is 11.1 Å². The molecule has 0 bridgehead atoms. The van der Waals surface area contributed by atoms with Crippen LogP contribution >= 0.6 is 0 Å². The van der Waals surface area contributed by atoms with Crippen LogP contribution in [0.15, 0.2) is 35.3 Å². The smallest absolute Gasteiger partial charge is 0.189 e. The van der Waals surface area contributed by atoms with E-state index in [-0.39, 0.29) is 6.04 Å². The van der Waals surface area contributed by atoms with E-state index in [1.807, 2.05) is 49.7 Å². The van der Waals surface area contributed by atoms with E-state index in [4.69, 9.17) is 10.5 Å². The third-order valence-corrected chi connectivity index (χ3v) is 3.46. The van der Waals surface area contributed by atoms with Gasteiger partial charge in [0.05, 0.1) is 24.5 Å². The Hall–Kier alpha value is -2.34. The molecular formula is C17H25N5O. The lowest BCUT2D eigenvalue weighted by molar-refractivity contribution is 0.179. The minimum atomic E-state index is 0.120. The minimum absolute atomic E-state index is 0.120. The molecule has 2 aromatic rings. The second kappa shape index (κ2) is 7.78. The molecule has 2 rings (SSSR count). The zero-order valence-electron chi connectivity index (χ0n) is 14.2. The fourth-order valence-corrected chi connectivity index (χ4v) is 2.48. The highest BCUT2D eigenvalue weighted by Gasteiger charge is 2.08. The van der Waals surface area contributed by atoms with Crippen LogP contribution in [0, 0.1) is 13.8 Å². The summed E-state index contributed by atoms with van der Waals surface area (Å²) in [6.45, 7) is 7.10. The van der Waals surface area contributed by atoms with Gasteiger partial charge in [0.2, 0.25) is 0 Å². The van der Waals surface area contributed by atoms with Gasteiger partial charge in [0.15, 0.2) is 5.96 Å². The Labute approximate surface area is 137 Å². The molecule has 1 aromatic heterocycles. The highest BCUT2D eigenvalue weighted by molar-refractivity contribution is 5.78. The first-order chi connectivity index (χ1) is 11.0. The number of ether oxygens (including phenoxy) is 1. The summed E-state index contributed by atoms with van der Waals surface area (Å²) in [5.41, 5.74) is 10.1. The molecule has 1 heterocycles. The molecule has 0 fully saturated rings. The molecule has 0 aliphatic carbocycles. The van der Waals surface area contributed by atoms with Crippen molar-refractivity contribution in [2.75, 3.05) is 13.7 Å². The van der Waals surface area contributed by atoms with Crippen molar-refractivity contribution in [3.05, 3.63) is 47.3 Å². The molecule has 124 valence electrons. The number of benzene rings is 1. The maximum absolute atomic E-state index is 5.94. The Morgan fingerprint density at radius 3 is 2.78 bits per heavy atom. The third kappa shape index (κ3) is 4.56. The Kier molecular flexibility index (Phi) is 5.76. The summed E-state index contributed by atoms with van der Waals surface area (Å²) in [5.74, 6) is 0.415. The number of aromatic nitrogens is 2. The zero-order valence-corrected chi connectivity index (χ0v) is 14.2. The Balaban J connectivity index is 2.17. The molecule has 6 nitrogen and oxygen atoms in total. The van der Waals surface area contributed by atoms with Crippen molar-refractivity contribution in [3.63, 3.8) is 0 Å². The van der Waals surface area contributed by atoms with Gasteiger partial charge in [0.25, 0.3) is 0 Å². The Bertz CT molecular complexity index is 677. The average molecular weight is 315 g/mol. The van der Waals surface area contributed by atoms with Crippen molar-refractivity contribution in [3.8, 4) is 5.69 Å². The van der Waals surface area contributed by atoms with Gasteiger partial charge in [-0.25, -0.2) is 9.67 Å². The molecule has 1 unspecified atom stereocenters. The quantitative estimate of drug-likeness (QED) is 0.631. The second-order valence-corrected chi connectivity index (χ2v) is 5.67. The lowest BCUT2D eigenvalue weighted by Crippen LogP contribution is -2.40. The maximum Gasteiger partial charge on any atom is 0.189 e. The lowest BCUT2D eigenvalue weighted by Gasteiger charge is -2.14. The van der Waals surface area contributed by atoms with Gasteiger partial charge in [-0.15, -0.1) is 0 Å². The molecule has 6 heteroatoms. The largest absolute Gasteiger partial charge is 0.383 e. The summed E-state index contributed by atoms with van der Waals surface area (Å²) in [6, 6.07) is 10.3. The van der Waals surface area contributed by atoms with Crippen LogP contribution in [-0.4, -0.2) is 35.5 Å². The summed E-state index contributed by atoms with van der Waals surface area (Å²) in [5, 5.41) is 7.65. The first-order valence-electron chi connectivity index (χ1n) is 7.68. The van der Waals surface area contributed by atoms with Gasteiger partial charge >= 0.3 is 0 Å². The second-order valence-electron chi connectivity index (χ2n) is 5.67. The minimum Gasteiger partial charge on any atom is -0.383 e. The van der Waals surface area contributed by atoms with Crippen LogP contribution in [0.2, 0.25) is 0 Å². The van der Waals surface area contributed by atoms with Crippen molar-refractivity contribution in [2.24, 2.45) is 10.7 Å². The molecular weight excluding hydrogens is 290 g/mol. The standard InChI is InChI=1S/C17H25N5O/c1-12-9-14(3)22(21-12)16-8-6-5-7-15(16)10-19-17(18)20-13(2)11-23-4/h5-9,13H,10-11H2,1-4H3,(H3,18,19,20). The predicted molar refractivity (Wildman–Crippen MR) is 92.8 cm³/mol. The van der Waals surface area contributed by atoms with Crippen LogP contribution in [-0.2, 0) is 11.3 Å². The van der Waals surface area contributed by atoms with Gasteiger partial charge in [-0.3, -0.25) is 0 Å². The molecule has 0 radical (unpaired) electrons. The highest BCUT2D eigenvalue weighted by Crippen LogP contribution is 2.17. The Morgan fingerprint density at radius 1 is 1.39 bits per heavy atom. The zero-order chi connectivity index (χ0) is 16.8. The number of hydrogen-bond donors (Lipinski definition) is 2. The monoisotopic (exact) mass is 315 g/mol. The van der Waals surface area contributed by atoms with E-state index in [9.17, 15) is 0 Å². The van der Waals surface area contributed by atoms with Crippen LogP contribution in [0.5, 0.6) is 0 Å². The number of rotatable bonds is 6. The van der Waals surface area contributed by atoms with E-state index in [1.165, 1.54) is 0 Å². The summed E-state index contributed by atoms with van der Waals surface area (Å²) in [6.07, 6.45) is 0. The number of nitrogens with one attached hydrogen (secondary N) is 1. The molecule has 0 aliphatic heterocycles. The van der Waals surface area contributed by atoms with Crippen molar-refractivity contribution in [1.29, 1.82) is 0 Å². The molecule has 23 heavy (non-hydrogen) atoms. The molecule has 0 saturated carbocycles. The van der Waals surface area contributed by atoms with Crippen LogP contribution in [0.4, 0.5) is 0 Å². The number of hydrogen-bond acceptors (Lipinski definition) is 3. The van der Waals surface area contributed by atoms with Crippen molar-refractivity contribution in [2.45, 2.75) is 33.4 Å². The normalized spacial score (nSPS) is 13.1. The number of nitrogens with two attached hydrogens (primary N) is 1. The first-order valence-corrected chi connectivity index (χ1v) is 7.68. The third-order valence-electron chi connectivity index (χ3n) is 3.46. The number of para-hydroxylation sites is 1. The van der Waals surface area contributed by atoms with E-state index in [2.05, 4.69) is 21.5 Å². The van der Waals surface area contributed by atoms with Crippen LogP contribution in [0.1, 0.15) is 23.9 Å². The number of methoxy groups -OCH3 is 1. The summed E-state index contributed by atoms with van der Waals surface area (Å²) >= 11 is 0. The highest BCUT2D eigenvalue weighted by atomic mass is 16.5. The van der Waals surface area contributed by atoms with E-state index in [0.717, 1.165) is 22.6 Å². The first kappa shape index (κ1) is 17.0. The predicted octanol–water partition coefficient (Wildman–Crippen LogP) is 1.93. The fraction of sp³-hybridized carbons (Fsp3) is 0.412. The van der Waals surface area contributed by atoms with Gasteiger partial charge in [-0.1, -0.05) is 18.2 Å². The Morgan fingerprint density at radius 2 is 2.13 bits per heavy atom. The molecule has 0 amide bonds. The van der Waals surface area contributed by atoms with Crippen molar-refractivity contribution >= 4 is 5.96 Å². The van der Waals surface area contributed by atoms with E-state index in [0.29, 0.717) is 19.1 Å². The van der Waals surface area contributed by atoms with Crippen LogP contribution in [0.3, 0.4) is 0 Å². The summed E-state index contributed by atoms with van der Waals surface area (Å²) in [7, 11) is 1.66. The number of aryl methyl sites for hydroxylation is 2. The van der Waals surface area contributed by atoms with Gasteiger partial charge in [0.1, 0.15) is 0 Å². The number of nitrogens with zero attached hydrogens (tertiary/aromatic N) is 3. The van der Waals surface area contributed by atoms with Gasteiger partial charge in [0, 0.05) is 18.8 Å². The molecule has 3 N–H and O–H groups in total. The van der Waals surface area contributed by atoms with Crippen LogP contribution in [0.25, 0.3) is 5.69 Å². The average Bonchev–Trinajstić information content (AvgIpc) is 2.84. The number of aliphatic imine (C=N–C) groups is 1. The van der Waals surface area contributed by atoms with E-state index in [1.54, 1.807) is 7.11 Å². The van der Waals surface area contributed by atoms with Crippen molar-refractivity contribution in [1.82, 2.24) is 15.1 Å². The van der Waals surface area contributed by atoms with E-state index < -0.39 is 0 Å². The lowest BCUT2D eigenvalue weighted by atomic mass is 10.2. The van der Waals surface area contributed by atoms with Gasteiger partial charge < -0.3 is 15.8 Å². The fourth-order valence-electron chi connectivity index (χ4n) is 2.48. The van der Waals surface area contributed by atoms with Gasteiger partial charge in [-0.05, 0) is 38.5 Å². The molecule has 1 aromatic carbocycles. The molecule has 0 spiro atoms. The number of guanidine groups is 1. The summed E-state index contributed by atoms with van der Waals surface area (Å²) in [4.78, 5) is 4.43. The molecule has 0 aliphatic rings. The maximum atomic E-state index is 5.94. The molecule has 0 saturated heterocycles. The van der Waals surface area contributed by atoms with Crippen molar-refractivity contribution < 1.29 is 4.74 Å².